The zero-order valence-electron chi connectivity index (χ0n) is 12.1. The molecule has 0 spiro atoms. The van der Waals surface area contributed by atoms with Gasteiger partial charge < -0.3 is 15.7 Å². The van der Waals surface area contributed by atoms with Gasteiger partial charge in [-0.1, -0.05) is 0 Å². The van der Waals surface area contributed by atoms with Gasteiger partial charge >= 0.3 is 5.97 Å². The fourth-order valence-electron chi connectivity index (χ4n) is 3.51. The zero-order valence-corrected chi connectivity index (χ0v) is 12.1. The highest BCUT2D eigenvalue weighted by Crippen LogP contribution is 2.32. The highest BCUT2D eigenvalue weighted by atomic mass is 19.1. The average Bonchev–Trinajstić information content (AvgIpc) is 2.84. The predicted octanol–water partition coefficient (Wildman–Crippen LogP) is 1.78. The monoisotopic (exact) mass is 293 g/mol. The Morgan fingerprint density at radius 3 is 2.90 bits per heavy atom. The molecule has 2 aliphatic rings. The summed E-state index contributed by atoms with van der Waals surface area (Å²) in [7, 11) is 0. The molecule has 21 heavy (non-hydrogen) atoms. The number of halogens is 1. The normalized spacial score (nSPS) is 25.9. The molecule has 1 aromatic rings. The first kappa shape index (κ1) is 14.1. The molecule has 0 aliphatic carbocycles. The van der Waals surface area contributed by atoms with E-state index in [-0.39, 0.29) is 17.3 Å². The number of anilines is 2. The maximum Gasteiger partial charge on any atom is 0.337 e. The smallest absolute Gasteiger partial charge is 0.337 e. The summed E-state index contributed by atoms with van der Waals surface area (Å²) in [6.07, 6.45) is 2.29. The van der Waals surface area contributed by atoms with E-state index in [1.807, 2.05) is 11.8 Å². The molecule has 5 nitrogen and oxygen atoms in total. The summed E-state index contributed by atoms with van der Waals surface area (Å²) in [6.45, 7) is 4.77. The maximum absolute atomic E-state index is 14.3. The van der Waals surface area contributed by atoms with Crippen molar-refractivity contribution >= 4 is 17.3 Å². The molecule has 3 N–H and O–H groups in total. The van der Waals surface area contributed by atoms with Crippen molar-refractivity contribution in [1.29, 1.82) is 0 Å². The molecule has 1 aromatic carbocycles. The molecule has 0 bridgehead atoms. The lowest BCUT2D eigenvalue weighted by atomic mass is 10.0. The minimum absolute atomic E-state index is 0.0316. The molecular weight excluding hydrogens is 273 g/mol. The Bertz CT molecular complexity index is 578. The molecule has 2 fully saturated rings. The van der Waals surface area contributed by atoms with Gasteiger partial charge in [-0.2, -0.15) is 0 Å². The zero-order chi connectivity index (χ0) is 15.1. The second kappa shape index (κ2) is 5.18. The number of hydrogen-bond donors (Lipinski definition) is 2. The van der Waals surface area contributed by atoms with Gasteiger partial charge in [0.2, 0.25) is 0 Å². The molecule has 2 heterocycles. The number of rotatable bonds is 2. The maximum atomic E-state index is 14.3. The first-order chi connectivity index (χ1) is 9.97. The fraction of sp³-hybridized carbons (Fsp3) is 0.533. The Morgan fingerprint density at radius 1 is 1.43 bits per heavy atom. The van der Waals surface area contributed by atoms with Gasteiger partial charge in [-0.3, -0.25) is 4.90 Å². The van der Waals surface area contributed by atoms with Gasteiger partial charge in [0.15, 0.2) is 0 Å². The number of aromatic carboxylic acids is 1. The lowest BCUT2D eigenvalue weighted by Crippen LogP contribution is -2.55. The largest absolute Gasteiger partial charge is 0.478 e. The van der Waals surface area contributed by atoms with Crippen LogP contribution in [0.4, 0.5) is 15.8 Å². The Labute approximate surface area is 123 Å². The lowest BCUT2D eigenvalue weighted by Gasteiger charge is -2.43. The number of hydrogen-bond acceptors (Lipinski definition) is 4. The van der Waals surface area contributed by atoms with E-state index in [0.29, 0.717) is 11.7 Å². The van der Waals surface area contributed by atoms with Crippen LogP contribution in [-0.4, -0.2) is 47.7 Å². The van der Waals surface area contributed by atoms with E-state index in [1.165, 1.54) is 12.5 Å². The molecular formula is C15H20FN3O2. The van der Waals surface area contributed by atoms with Crippen LogP contribution in [0.2, 0.25) is 0 Å². The van der Waals surface area contributed by atoms with Crippen LogP contribution in [0.3, 0.4) is 0 Å². The van der Waals surface area contributed by atoms with Crippen LogP contribution in [0.25, 0.3) is 0 Å². The number of carboxylic acids is 1. The van der Waals surface area contributed by atoms with Crippen molar-refractivity contribution in [2.24, 2.45) is 0 Å². The Kier molecular flexibility index (Phi) is 3.49. The number of nitrogens with two attached hydrogens (primary N) is 1. The standard InChI is InChI=1S/C15H20FN3O2/c1-9-7-18-4-2-3-10(18)8-19(9)14-5-11(15(20)21)13(17)6-12(14)16/h5-6,9-10H,2-4,7-8,17H2,1H3,(H,20,21). The molecule has 0 amide bonds. The second-order valence-electron chi connectivity index (χ2n) is 5.99. The summed E-state index contributed by atoms with van der Waals surface area (Å²) in [5.41, 5.74) is 5.87. The van der Waals surface area contributed by atoms with Crippen molar-refractivity contribution in [3.63, 3.8) is 0 Å². The molecule has 2 aliphatic heterocycles. The molecule has 3 rings (SSSR count). The first-order valence-corrected chi connectivity index (χ1v) is 7.30. The van der Waals surface area contributed by atoms with Crippen LogP contribution in [0.5, 0.6) is 0 Å². The van der Waals surface area contributed by atoms with Crippen LogP contribution < -0.4 is 10.6 Å². The van der Waals surface area contributed by atoms with Crippen molar-refractivity contribution in [1.82, 2.24) is 4.90 Å². The summed E-state index contributed by atoms with van der Waals surface area (Å²) in [6, 6.07) is 3.08. The number of fused-ring (bicyclic) bond motifs is 1. The Morgan fingerprint density at radius 2 is 2.19 bits per heavy atom. The Balaban J connectivity index is 1.95. The van der Waals surface area contributed by atoms with Crippen molar-refractivity contribution in [2.45, 2.75) is 31.8 Å². The van der Waals surface area contributed by atoms with E-state index in [9.17, 15) is 9.18 Å². The molecule has 0 saturated carbocycles. The molecule has 2 atom stereocenters. The molecule has 6 heteroatoms. The van der Waals surface area contributed by atoms with Gasteiger partial charge in [-0.15, -0.1) is 0 Å². The van der Waals surface area contributed by atoms with Gasteiger partial charge in [0.1, 0.15) is 5.82 Å². The molecule has 114 valence electrons. The van der Waals surface area contributed by atoms with E-state index >= 15 is 0 Å². The topological polar surface area (TPSA) is 69.8 Å². The summed E-state index contributed by atoms with van der Waals surface area (Å²) in [5.74, 6) is -1.57. The van der Waals surface area contributed by atoms with E-state index in [0.717, 1.165) is 32.1 Å². The molecule has 2 saturated heterocycles. The van der Waals surface area contributed by atoms with Gasteiger partial charge in [-0.25, -0.2) is 9.18 Å². The van der Waals surface area contributed by atoms with E-state index in [2.05, 4.69) is 4.90 Å². The number of carbonyl (C=O) groups is 1. The van der Waals surface area contributed by atoms with Gasteiger partial charge in [0.25, 0.3) is 0 Å². The van der Waals surface area contributed by atoms with Gasteiger partial charge in [-0.05, 0) is 38.4 Å². The van der Waals surface area contributed by atoms with Crippen LogP contribution in [0, 0.1) is 5.82 Å². The summed E-state index contributed by atoms with van der Waals surface area (Å²) >= 11 is 0. The van der Waals surface area contributed by atoms with Crippen LogP contribution >= 0.6 is 0 Å². The molecule has 0 radical (unpaired) electrons. The van der Waals surface area contributed by atoms with Gasteiger partial charge in [0.05, 0.1) is 11.3 Å². The number of carboxylic acid groups (broad SMARTS) is 1. The SMILES string of the molecule is CC1CN2CCCC2CN1c1cc(C(=O)O)c(N)cc1F. The highest BCUT2D eigenvalue weighted by Gasteiger charge is 2.35. The predicted molar refractivity (Wildman–Crippen MR) is 79.2 cm³/mol. The minimum atomic E-state index is -1.12. The Hall–Kier alpha value is -1.82. The fourth-order valence-corrected chi connectivity index (χ4v) is 3.51. The van der Waals surface area contributed by atoms with Crippen molar-refractivity contribution in [3.8, 4) is 0 Å². The van der Waals surface area contributed by atoms with E-state index < -0.39 is 11.8 Å². The highest BCUT2D eigenvalue weighted by molar-refractivity contribution is 5.95. The van der Waals surface area contributed by atoms with E-state index in [4.69, 9.17) is 10.8 Å². The van der Waals surface area contributed by atoms with Crippen molar-refractivity contribution in [3.05, 3.63) is 23.5 Å². The second-order valence-corrected chi connectivity index (χ2v) is 5.99. The molecule has 2 unspecified atom stereocenters. The summed E-state index contributed by atoms with van der Waals surface area (Å²) < 4.78 is 14.3. The quantitative estimate of drug-likeness (QED) is 0.813. The number of piperazine rings is 1. The van der Waals surface area contributed by atoms with Crippen molar-refractivity contribution < 1.29 is 14.3 Å². The average molecular weight is 293 g/mol. The molecule has 0 aromatic heterocycles. The van der Waals surface area contributed by atoms with Gasteiger partial charge in [0, 0.05) is 30.9 Å². The number of nitrogens with zero attached hydrogens (tertiary/aromatic N) is 2. The lowest BCUT2D eigenvalue weighted by molar-refractivity contribution is 0.0698. The summed E-state index contributed by atoms with van der Waals surface area (Å²) in [5, 5.41) is 9.17. The minimum Gasteiger partial charge on any atom is -0.478 e. The summed E-state index contributed by atoms with van der Waals surface area (Å²) in [4.78, 5) is 15.6. The van der Waals surface area contributed by atoms with Crippen LogP contribution in [0.1, 0.15) is 30.1 Å². The van der Waals surface area contributed by atoms with E-state index in [1.54, 1.807) is 0 Å². The third-order valence-corrected chi connectivity index (χ3v) is 4.60. The van der Waals surface area contributed by atoms with Crippen molar-refractivity contribution in [2.75, 3.05) is 30.3 Å². The third-order valence-electron chi connectivity index (χ3n) is 4.60. The van der Waals surface area contributed by atoms with Crippen LogP contribution in [-0.2, 0) is 0 Å². The number of benzene rings is 1. The number of nitrogen functional groups attached to an aromatic ring is 1. The first-order valence-electron chi connectivity index (χ1n) is 7.30. The van der Waals surface area contributed by atoms with Crippen LogP contribution in [0.15, 0.2) is 12.1 Å². The third kappa shape index (κ3) is 2.44.